The van der Waals surface area contributed by atoms with E-state index in [2.05, 4.69) is 39.5 Å². The van der Waals surface area contributed by atoms with Crippen molar-refractivity contribution < 1.29 is 4.52 Å². The second-order valence-electron chi connectivity index (χ2n) is 7.89. The average molecular weight is 417 g/mol. The number of aromatic nitrogens is 2. The molecule has 1 saturated heterocycles. The molecule has 1 aromatic carbocycles. The molecule has 2 aromatic rings. The van der Waals surface area contributed by atoms with Gasteiger partial charge < -0.3 is 15.2 Å². The lowest BCUT2D eigenvalue weighted by molar-refractivity contribution is 0.256. The summed E-state index contributed by atoms with van der Waals surface area (Å²) in [6.45, 7) is 6.93. The van der Waals surface area contributed by atoms with Gasteiger partial charge in [-0.15, -0.1) is 0 Å². The number of aliphatic imine (C=N–C) groups is 1. The summed E-state index contributed by atoms with van der Waals surface area (Å²) in [5.74, 6) is 1.99. The van der Waals surface area contributed by atoms with Crippen molar-refractivity contribution in [1.82, 2.24) is 25.7 Å². The maximum atomic E-state index is 6.04. The fraction of sp³-hybridized carbons (Fsp3) is 0.571. The maximum absolute atomic E-state index is 6.04. The standard InChI is InChI=1S/C21H29ClN6O/c1-3-23-21(25-17-11-14(2)28(13-17)18-7-8-18)24-10-9-19-26-20(27-29-19)15-5-4-6-16(22)12-15/h4-6,12,14,17-18H,3,7-11,13H2,1-2H3,(H2,23,24,25). The van der Waals surface area contributed by atoms with Crippen LogP contribution in [0.25, 0.3) is 11.4 Å². The van der Waals surface area contributed by atoms with Gasteiger partial charge in [0.15, 0.2) is 5.96 Å². The second kappa shape index (κ2) is 9.13. The van der Waals surface area contributed by atoms with Crippen LogP contribution in [0.1, 0.15) is 39.0 Å². The Morgan fingerprint density at radius 1 is 1.38 bits per heavy atom. The SMILES string of the molecule is CCNC(=NCCc1nc(-c2cccc(Cl)c2)no1)NC1CC(C)N(C2CC2)C1. The minimum Gasteiger partial charge on any atom is -0.357 e. The zero-order chi connectivity index (χ0) is 20.2. The van der Waals surface area contributed by atoms with Crippen LogP contribution in [0.4, 0.5) is 0 Å². The smallest absolute Gasteiger partial charge is 0.228 e. The van der Waals surface area contributed by atoms with Crippen LogP contribution in [0.3, 0.4) is 0 Å². The number of hydrogen-bond donors (Lipinski definition) is 2. The first-order valence-electron chi connectivity index (χ1n) is 10.5. The molecule has 4 rings (SSSR count). The highest BCUT2D eigenvalue weighted by Crippen LogP contribution is 2.33. The molecule has 2 aliphatic rings. The van der Waals surface area contributed by atoms with E-state index in [0.29, 0.717) is 41.8 Å². The number of benzene rings is 1. The summed E-state index contributed by atoms with van der Waals surface area (Å²) in [5.41, 5.74) is 0.849. The number of nitrogens with one attached hydrogen (secondary N) is 2. The number of hydrogen-bond acceptors (Lipinski definition) is 5. The first-order chi connectivity index (χ1) is 14.1. The predicted octanol–water partition coefficient (Wildman–Crippen LogP) is 3.11. The minimum atomic E-state index is 0.446. The summed E-state index contributed by atoms with van der Waals surface area (Å²) in [6, 6.07) is 9.34. The van der Waals surface area contributed by atoms with Gasteiger partial charge in [-0.2, -0.15) is 4.98 Å². The zero-order valence-corrected chi connectivity index (χ0v) is 17.8. The van der Waals surface area contributed by atoms with E-state index in [-0.39, 0.29) is 0 Å². The fourth-order valence-electron chi connectivity index (χ4n) is 3.95. The molecule has 1 aromatic heterocycles. The quantitative estimate of drug-likeness (QED) is 0.533. The summed E-state index contributed by atoms with van der Waals surface area (Å²) in [5, 5.41) is 11.7. The van der Waals surface area contributed by atoms with Gasteiger partial charge in [-0.05, 0) is 45.2 Å². The molecule has 1 aliphatic heterocycles. The number of halogens is 1. The monoisotopic (exact) mass is 416 g/mol. The summed E-state index contributed by atoms with van der Waals surface area (Å²) in [6.07, 6.45) is 4.46. The van der Waals surface area contributed by atoms with Crippen molar-refractivity contribution in [2.75, 3.05) is 19.6 Å². The van der Waals surface area contributed by atoms with Gasteiger partial charge in [-0.3, -0.25) is 9.89 Å². The molecule has 2 atom stereocenters. The van der Waals surface area contributed by atoms with E-state index >= 15 is 0 Å². The van der Waals surface area contributed by atoms with E-state index in [4.69, 9.17) is 21.1 Å². The van der Waals surface area contributed by atoms with Gasteiger partial charge in [0.2, 0.25) is 11.7 Å². The van der Waals surface area contributed by atoms with Crippen LogP contribution in [-0.4, -0.2) is 58.8 Å². The van der Waals surface area contributed by atoms with Gasteiger partial charge in [-0.1, -0.05) is 28.9 Å². The van der Waals surface area contributed by atoms with Crippen molar-refractivity contribution in [1.29, 1.82) is 0 Å². The molecule has 2 heterocycles. The Kier molecular flexibility index (Phi) is 6.35. The van der Waals surface area contributed by atoms with Gasteiger partial charge in [0.1, 0.15) is 0 Å². The highest BCUT2D eigenvalue weighted by atomic mass is 35.5. The van der Waals surface area contributed by atoms with Crippen LogP contribution >= 0.6 is 11.6 Å². The molecule has 0 amide bonds. The number of likely N-dealkylation sites (tertiary alicyclic amines) is 1. The van der Waals surface area contributed by atoms with E-state index < -0.39 is 0 Å². The van der Waals surface area contributed by atoms with Crippen molar-refractivity contribution >= 4 is 17.6 Å². The van der Waals surface area contributed by atoms with Gasteiger partial charge in [0, 0.05) is 48.2 Å². The minimum absolute atomic E-state index is 0.446. The van der Waals surface area contributed by atoms with Gasteiger partial charge in [0.25, 0.3) is 0 Å². The average Bonchev–Trinajstić information content (AvgIpc) is 3.32. The lowest BCUT2D eigenvalue weighted by Gasteiger charge is -2.20. The van der Waals surface area contributed by atoms with Crippen LogP contribution in [-0.2, 0) is 6.42 Å². The summed E-state index contributed by atoms with van der Waals surface area (Å²) >= 11 is 6.04. The molecule has 8 heteroatoms. The van der Waals surface area contributed by atoms with Crippen molar-refractivity contribution in [3.63, 3.8) is 0 Å². The number of rotatable bonds is 7. The lowest BCUT2D eigenvalue weighted by Crippen LogP contribution is -2.44. The van der Waals surface area contributed by atoms with Crippen molar-refractivity contribution in [2.24, 2.45) is 4.99 Å². The van der Waals surface area contributed by atoms with Crippen molar-refractivity contribution in [3.8, 4) is 11.4 Å². The van der Waals surface area contributed by atoms with Crippen molar-refractivity contribution in [2.45, 2.75) is 57.7 Å². The van der Waals surface area contributed by atoms with Crippen LogP contribution < -0.4 is 10.6 Å². The van der Waals surface area contributed by atoms with Crippen LogP contribution in [0, 0.1) is 0 Å². The molecule has 7 nitrogen and oxygen atoms in total. The molecular weight excluding hydrogens is 388 g/mol. The Labute approximate surface area is 176 Å². The van der Waals surface area contributed by atoms with E-state index in [1.807, 2.05) is 24.3 Å². The number of nitrogens with zero attached hydrogens (tertiary/aromatic N) is 4. The van der Waals surface area contributed by atoms with Crippen LogP contribution in [0.15, 0.2) is 33.8 Å². The first kappa shape index (κ1) is 20.2. The lowest BCUT2D eigenvalue weighted by atomic mass is 10.2. The van der Waals surface area contributed by atoms with Gasteiger partial charge in [-0.25, -0.2) is 0 Å². The maximum Gasteiger partial charge on any atom is 0.228 e. The molecule has 1 aliphatic carbocycles. The third kappa shape index (κ3) is 5.28. The Balaban J connectivity index is 1.32. The molecule has 2 fully saturated rings. The van der Waals surface area contributed by atoms with Crippen LogP contribution in [0.2, 0.25) is 5.02 Å². The number of guanidine groups is 1. The van der Waals surface area contributed by atoms with E-state index in [1.165, 1.54) is 12.8 Å². The second-order valence-corrected chi connectivity index (χ2v) is 8.32. The Bertz CT molecular complexity index is 849. The van der Waals surface area contributed by atoms with E-state index in [1.54, 1.807) is 0 Å². The molecular formula is C21H29ClN6O. The van der Waals surface area contributed by atoms with Gasteiger partial charge >= 0.3 is 0 Å². The van der Waals surface area contributed by atoms with E-state index in [9.17, 15) is 0 Å². The van der Waals surface area contributed by atoms with Crippen LogP contribution in [0.5, 0.6) is 0 Å². The summed E-state index contributed by atoms with van der Waals surface area (Å²) in [4.78, 5) is 11.8. The third-order valence-corrected chi connectivity index (χ3v) is 5.71. The largest absolute Gasteiger partial charge is 0.357 e. The molecule has 0 spiro atoms. The third-order valence-electron chi connectivity index (χ3n) is 5.47. The molecule has 0 bridgehead atoms. The molecule has 29 heavy (non-hydrogen) atoms. The Morgan fingerprint density at radius 2 is 2.24 bits per heavy atom. The van der Waals surface area contributed by atoms with Crippen molar-refractivity contribution in [3.05, 3.63) is 35.2 Å². The first-order valence-corrected chi connectivity index (χ1v) is 10.9. The summed E-state index contributed by atoms with van der Waals surface area (Å²) < 4.78 is 5.37. The normalized spacial score (nSPS) is 22.8. The molecule has 0 radical (unpaired) electrons. The molecule has 2 unspecified atom stereocenters. The summed E-state index contributed by atoms with van der Waals surface area (Å²) in [7, 11) is 0. The Hall–Kier alpha value is -2.12. The fourth-order valence-corrected chi connectivity index (χ4v) is 4.14. The highest BCUT2D eigenvalue weighted by molar-refractivity contribution is 6.30. The molecule has 2 N–H and O–H groups in total. The molecule has 1 saturated carbocycles. The topological polar surface area (TPSA) is 78.6 Å². The predicted molar refractivity (Wildman–Crippen MR) is 115 cm³/mol. The van der Waals surface area contributed by atoms with E-state index in [0.717, 1.165) is 37.1 Å². The zero-order valence-electron chi connectivity index (χ0n) is 17.1. The molecule has 156 valence electrons. The highest BCUT2D eigenvalue weighted by Gasteiger charge is 2.38. The van der Waals surface area contributed by atoms with Gasteiger partial charge in [0.05, 0.1) is 6.54 Å². The Morgan fingerprint density at radius 3 is 3.00 bits per heavy atom.